The second kappa shape index (κ2) is 3.06. The van der Waals surface area contributed by atoms with Crippen molar-refractivity contribution >= 4 is 5.57 Å². The number of rotatable bonds is 2. The number of allylic oxidation sites excluding steroid dienone is 3. The predicted molar refractivity (Wildman–Crippen MR) is 44.6 cm³/mol. The molecule has 0 bridgehead atoms. The van der Waals surface area contributed by atoms with Crippen molar-refractivity contribution in [2.24, 2.45) is 0 Å². The van der Waals surface area contributed by atoms with E-state index in [4.69, 9.17) is 0 Å². The molecular formula is C9H11N. The number of nitrogens with one attached hydrogen (secondary N) is 1. The first-order valence-corrected chi connectivity index (χ1v) is 3.30. The Morgan fingerprint density at radius 3 is 3.00 bits per heavy atom. The number of aromatic nitrogens is 1. The Balaban J connectivity index is 2.78. The summed E-state index contributed by atoms with van der Waals surface area (Å²) >= 11 is 0. The van der Waals surface area contributed by atoms with Crippen molar-refractivity contribution in [2.45, 2.75) is 6.92 Å². The van der Waals surface area contributed by atoms with Crippen molar-refractivity contribution in [3.05, 3.63) is 42.8 Å². The van der Waals surface area contributed by atoms with Crippen LogP contribution < -0.4 is 0 Å². The van der Waals surface area contributed by atoms with Crippen LogP contribution in [0.3, 0.4) is 0 Å². The van der Waals surface area contributed by atoms with Crippen molar-refractivity contribution in [1.29, 1.82) is 0 Å². The molecule has 1 heterocycles. The number of hydrogen-bond donors (Lipinski definition) is 1. The van der Waals surface area contributed by atoms with Crippen LogP contribution in [0.1, 0.15) is 12.6 Å². The fourth-order valence-corrected chi connectivity index (χ4v) is 0.821. The maximum absolute atomic E-state index is 3.87. The van der Waals surface area contributed by atoms with Gasteiger partial charge in [0, 0.05) is 11.9 Å². The lowest BCUT2D eigenvalue weighted by atomic mass is 10.2. The molecule has 0 atom stereocenters. The summed E-state index contributed by atoms with van der Waals surface area (Å²) in [5, 5.41) is 0. The van der Waals surface area contributed by atoms with E-state index in [1.807, 2.05) is 37.4 Å². The Labute approximate surface area is 61.1 Å². The highest BCUT2D eigenvalue weighted by molar-refractivity contribution is 5.69. The molecule has 0 aliphatic heterocycles. The van der Waals surface area contributed by atoms with Gasteiger partial charge in [-0.3, -0.25) is 0 Å². The summed E-state index contributed by atoms with van der Waals surface area (Å²) in [5.41, 5.74) is 2.10. The molecule has 1 nitrogen and oxygen atoms in total. The van der Waals surface area contributed by atoms with E-state index in [2.05, 4.69) is 11.6 Å². The van der Waals surface area contributed by atoms with Crippen molar-refractivity contribution in [1.82, 2.24) is 4.98 Å². The van der Waals surface area contributed by atoms with E-state index in [-0.39, 0.29) is 0 Å². The standard InChI is InChI=1S/C9H11N/c1-3-5-8(2)9-6-4-7-10-9/h3-7,10H,2H2,1H3/b5-3-. The highest BCUT2D eigenvalue weighted by Gasteiger charge is 1.91. The summed E-state index contributed by atoms with van der Waals surface area (Å²) < 4.78 is 0. The number of aromatic amines is 1. The van der Waals surface area contributed by atoms with E-state index < -0.39 is 0 Å². The largest absolute Gasteiger partial charge is 0.361 e. The first-order chi connectivity index (χ1) is 4.84. The second-order valence-corrected chi connectivity index (χ2v) is 2.11. The molecule has 0 saturated heterocycles. The van der Waals surface area contributed by atoms with Gasteiger partial charge in [-0.05, 0) is 24.6 Å². The van der Waals surface area contributed by atoms with Crippen LogP contribution in [0.4, 0.5) is 0 Å². The Bertz CT molecular complexity index is 229. The lowest BCUT2D eigenvalue weighted by Gasteiger charge is -1.92. The molecule has 1 heteroatoms. The summed E-state index contributed by atoms with van der Waals surface area (Å²) in [6, 6.07) is 3.96. The molecule has 1 aromatic rings. The highest BCUT2D eigenvalue weighted by Crippen LogP contribution is 2.09. The molecule has 0 spiro atoms. The van der Waals surface area contributed by atoms with Gasteiger partial charge in [0.05, 0.1) is 0 Å². The molecule has 0 amide bonds. The zero-order chi connectivity index (χ0) is 7.40. The van der Waals surface area contributed by atoms with Crippen LogP contribution in [0.2, 0.25) is 0 Å². The van der Waals surface area contributed by atoms with Crippen LogP contribution in [-0.4, -0.2) is 4.98 Å². The molecule has 0 aliphatic rings. The van der Waals surface area contributed by atoms with E-state index >= 15 is 0 Å². The molecule has 0 saturated carbocycles. The van der Waals surface area contributed by atoms with Gasteiger partial charge in [-0.25, -0.2) is 0 Å². The number of H-pyrrole nitrogens is 1. The van der Waals surface area contributed by atoms with E-state index in [9.17, 15) is 0 Å². The first kappa shape index (κ1) is 6.87. The third-order valence-electron chi connectivity index (χ3n) is 1.31. The minimum absolute atomic E-state index is 1.02. The Morgan fingerprint density at radius 1 is 1.70 bits per heavy atom. The van der Waals surface area contributed by atoms with Gasteiger partial charge in [0.2, 0.25) is 0 Å². The lowest BCUT2D eigenvalue weighted by molar-refractivity contribution is 1.36. The van der Waals surface area contributed by atoms with Crippen molar-refractivity contribution in [3.63, 3.8) is 0 Å². The van der Waals surface area contributed by atoms with Crippen LogP contribution in [0, 0.1) is 0 Å². The quantitative estimate of drug-likeness (QED) is 0.597. The summed E-state index contributed by atoms with van der Waals surface area (Å²) in [6.45, 7) is 5.85. The topological polar surface area (TPSA) is 15.8 Å². The maximum Gasteiger partial charge on any atom is 0.0447 e. The smallest absolute Gasteiger partial charge is 0.0447 e. The third-order valence-corrected chi connectivity index (χ3v) is 1.31. The van der Waals surface area contributed by atoms with Crippen LogP contribution in [-0.2, 0) is 0 Å². The minimum atomic E-state index is 1.02. The van der Waals surface area contributed by atoms with E-state index in [1.165, 1.54) is 0 Å². The van der Waals surface area contributed by atoms with Crippen molar-refractivity contribution in [2.75, 3.05) is 0 Å². The zero-order valence-electron chi connectivity index (χ0n) is 6.09. The molecule has 1 N–H and O–H groups in total. The normalized spacial score (nSPS) is 10.5. The molecular weight excluding hydrogens is 122 g/mol. The lowest BCUT2D eigenvalue weighted by Crippen LogP contribution is -1.75. The Hall–Kier alpha value is -1.24. The summed E-state index contributed by atoms with van der Waals surface area (Å²) in [6.07, 6.45) is 5.85. The fourth-order valence-electron chi connectivity index (χ4n) is 0.821. The van der Waals surface area contributed by atoms with Gasteiger partial charge in [-0.1, -0.05) is 18.7 Å². The zero-order valence-corrected chi connectivity index (χ0v) is 6.09. The van der Waals surface area contributed by atoms with Gasteiger partial charge >= 0.3 is 0 Å². The second-order valence-electron chi connectivity index (χ2n) is 2.11. The van der Waals surface area contributed by atoms with Crippen LogP contribution in [0.25, 0.3) is 5.57 Å². The van der Waals surface area contributed by atoms with Gasteiger partial charge in [0.1, 0.15) is 0 Å². The van der Waals surface area contributed by atoms with E-state index in [1.54, 1.807) is 0 Å². The minimum Gasteiger partial charge on any atom is -0.361 e. The molecule has 0 aliphatic carbocycles. The monoisotopic (exact) mass is 133 g/mol. The molecule has 0 radical (unpaired) electrons. The van der Waals surface area contributed by atoms with Crippen LogP contribution in [0.5, 0.6) is 0 Å². The average molecular weight is 133 g/mol. The van der Waals surface area contributed by atoms with E-state index in [0.717, 1.165) is 11.3 Å². The molecule has 52 valence electrons. The SMILES string of the molecule is C=C(/C=C\C)c1ccc[nH]1. The first-order valence-electron chi connectivity index (χ1n) is 3.30. The Morgan fingerprint density at radius 2 is 2.50 bits per heavy atom. The van der Waals surface area contributed by atoms with Gasteiger partial charge in [-0.2, -0.15) is 0 Å². The van der Waals surface area contributed by atoms with Crippen molar-refractivity contribution < 1.29 is 0 Å². The van der Waals surface area contributed by atoms with Gasteiger partial charge in [0.15, 0.2) is 0 Å². The number of hydrogen-bond acceptors (Lipinski definition) is 0. The molecule has 0 unspecified atom stereocenters. The Kier molecular flexibility index (Phi) is 2.11. The maximum atomic E-state index is 3.87. The molecule has 1 aromatic heterocycles. The van der Waals surface area contributed by atoms with Crippen molar-refractivity contribution in [3.8, 4) is 0 Å². The van der Waals surface area contributed by atoms with Gasteiger partial charge < -0.3 is 4.98 Å². The molecule has 0 fully saturated rings. The summed E-state index contributed by atoms with van der Waals surface area (Å²) in [7, 11) is 0. The molecule has 10 heavy (non-hydrogen) atoms. The van der Waals surface area contributed by atoms with E-state index in [0.29, 0.717) is 0 Å². The van der Waals surface area contributed by atoms with Gasteiger partial charge in [-0.15, -0.1) is 0 Å². The van der Waals surface area contributed by atoms with Crippen LogP contribution >= 0.6 is 0 Å². The van der Waals surface area contributed by atoms with Crippen LogP contribution in [0.15, 0.2) is 37.1 Å². The average Bonchev–Trinajstić information content (AvgIpc) is 2.38. The molecule has 1 rings (SSSR count). The highest BCUT2D eigenvalue weighted by atomic mass is 14.7. The molecule has 0 aromatic carbocycles. The predicted octanol–water partition coefficient (Wildman–Crippen LogP) is 2.60. The summed E-state index contributed by atoms with van der Waals surface area (Å²) in [4.78, 5) is 3.07. The third kappa shape index (κ3) is 1.38. The fraction of sp³-hybridized carbons (Fsp3) is 0.111. The summed E-state index contributed by atoms with van der Waals surface area (Å²) in [5.74, 6) is 0. The van der Waals surface area contributed by atoms with Gasteiger partial charge in [0.25, 0.3) is 0 Å².